The van der Waals surface area contributed by atoms with Gasteiger partial charge in [-0.1, -0.05) is 34.1 Å². The fourth-order valence-electron chi connectivity index (χ4n) is 1.71. The standard InChI is InChI=1S/C14H13BrFNOS/c1-9-3-2-4-13(14(9)17)19(18)8-10-5-6-11(16)7-12(10)15/h2-7H,8,17H2,1H3. The van der Waals surface area contributed by atoms with E-state index in [1.54, 1.807) is 12.1 Å². The van der Waals surface area contributed by atoms with Gasteiger partial charge in [0.2, 0.25) is 0 Å². The van der Waals surface area contributed by atoms with Gasteiger partial charge in [0.1, 0.15) is 5.82 Å². The van der Waals surface area contributed by atoms with Crippen LogP contribution >= 0.6 is 15.9 Å². The average Bonchev–Trinajstić information content (AvgIpc) is 2.36. The van der Waals surface area contributed by atoms with Gasteiger partial charge in [0.25, 0.3) is 0 Å². The Balaban J connectivity index is 2.28. The molecule has 2 aromatic carbocycles. The van der Waals surface area contributed by atoms with E-state index in [1.165, 1.54) is 12.1 Å². The second-order valence-electron chi connectivity index (χ2n) is 4.21. The highest BCUT2D eigenvalue weighted by atomic mass is 79.9. The van der Waals surface area contributed by atoms with Gasteiger partial charge in [-0.05, 0) is 36.2 Å². The molecule has 5 heteroatoms. The predicted octanol–water partition coefficient (Wildman–Crippen LogP) is 3.79. The van der Waals surface area contributed by atoms with Crippen LogP contribution in [0.3, 0.4) is 0 Å². The van der Waals surface area contributed by atoms with Crippen molar-refractivity contribution >= 4 is 32.4 Å². The molecular formula is C14H13BrFNOS. The molecular weight excluding hydrogens is 329 g/mol. The Labute approximate surface area is 122 Å². The van der Waals surface area contributed by atoms with Crippen LogP contribution in [0.2, 0.25) is 0 Å². The minimum atomic E-state index is -1.25. The Morgan fingerprint density at radius 2 is 2.05 bits per heavy atom. The summed E-state index contributed by atoms with van der Waals surface area (Å²) in [6.45, 7) is 1.88. The highest BCUT2D eigenvalue weighted by molar-refractivity contribution is 9.10. The van der Waals surface area contributed by atoms with Gasteiger partial charge in [0.05, 0.1) is 27.1 Å². The lowest BCUT2D eigenvalue weighted by atomic mass is 10.2. The SMILES string of the molecule is Cc1cccc(S(=O)Cc2ccc(F)cc2Br)c1N. The second kappa shape index (κ2) is 5.84. The van der Waals surface area contributed by atoms with E-state index in [4.69, 9.17) is 5.73 Å². The first kappa shape index (κ1) is 14.2. The largest absolute Gasteiger partial charge is 0.398 e. The molecule has 0 radical (unpaired) electrons. The van der Waals surface area contributed by atoms with Crippen LogP contribution in [-0.4, -0.2) is 4.21 Å². The van der Waals surface area contributed by atoms with Crippen molar-refractivity contribution in [3.8, 4) is 0 Å². The third kappa shape index (κ3) is 3.22. The third-order valence-corrected chi connectivity index (χ3v) is 4.99. The number of rotatable bonds is 3. The number of anilines is 1. The molecule has 0 aromatic heterocycles. The highest BCUT2D eigenvalue weighted by Crippen LogP contribution is 2.25. The smallest absolute Gasteiger partial charge is 0.124 e. The minimum Gasteiger partial charge on any atom is -0.398 e. The van der Waals surface area contributed by atoms with Crippen molar-refractivity contribution in [3.63, 3.8) is 0 Å². The maximum Gasteiger partial charge on any atom is 0.124 e. The molecule has 2 rings (SSSR count). The molecule has 19 heavy (non-hydrogen) atoms. The van der Waals surface area contributed by atoms with E-state index in [1.807, 2.05) is 19.1 Å². The van der Waals surface area contributed by atoms with Crippen molar-refractivity contribution < 1.29 is 8.60 Å². The van der Waals surface area contributed by atoms with Crippen molar-refractivity contribution in [2.45, 2.75) is 17.6 Å². The molecule has 0 aliphatic heterocycles. The Kier molecular flexibility index (Phi) is 4.37. The van der Waals surface area contributed by atoms with Gasteiger partial charge >= 0.3 is 0 Å². The van der Waals surface area contributed by atoms with E-state index in [2.05, 4.69) is 15.9 Å². The van der Waals surface area contributed by atoms with Crippen LogP contribution in [0.4, 0.5) is 10.1 Å². The summed E-state index contributed by atoms with van der Waals surface area (Å²) < 4.78 is 26.0. The monoisotopic (exact) mass is 341 g/mol. The van der Waals surface area contributed by atoms with Crippen molar-refractivity contribution in [1.82, 2.24) is 0 Å². The average molecular weight is 342 g/mol. The molecule has 0 bridgehead atoms. The summed E-state index contributed by atoms with van der Waals surface area (Å²) in [5.74, 6) is -0.0226. The Morgan fingerprint density at radius 1 is 1.32 bits per heavy atom. The zero-order valence-electron chi connectivity index (χ0n) is 10.3. The maximum absolute atomic E-state index is 13.0. The highest BCUT2D eigenvalue weighted by Gasteiger charge is 2.12. The minimum absolute atomic E-state index is 0.300. The number of nitrogen functional groups attached to an aromatic ring is 1. The predicted molar refractivity (Wildman–Crippen MR) is 79.8 cm³/mol. The number of hydrogen-bond acceptors (Lipinski definition) is 2. The number of nitrogens with two attached hydrogens (primary N) is 1. The van der Waals surface area contributed by atoms with Gasteiger partial charge in [0, 0.05) is 4.47 Å². The van der Waals surface area contributed by atoms with E-state index in [9.17, 15) is 8.60 Å². The first-order valence-corrected chi connectivity index (χ1v) is 7.77. The van der Waals surface area contributed by atoms with Crippen LogP contribution < -0.4 is 5.73 Å². The van der Waals surface area contributed by atoms with Crippen molar-refractivity contribution in [2.75, 3.05) is 5.73 Å². The number of aryl methyl sites for hydroxylation is 1. The molecule has 1 atom stereocenters. The topological polar surface area (TPSA) is 43.1 Å². The molecule has 2 N–H and O–H groups in total. The zero-order valence-corrected chi connectivity index (χ0v) is 12.7. The van der Waals surface area contributed by atoms with E-state index in [-0.39, 0.29) is 5.82 Å². The Hall–Kier alpha value is -1.20. The van der Waals surface area contributed by atoms with Crippen LogP contribution in [0.25, 0.3) is 0 Å². The summed E-state index contributed by atoms with van der Waals surface area (Å²) >= 11 is 3.28. The first-order valence-electron chi connectivity index (χ1n) is 5.66. The summed E-state index contributed by atoms with van der Waals surface area (Å²) in [6, 6.07) is 9.82. The van der Waals surface area contributed by atoms with E-state index < -0.39 is 10.8 Å². The first-order chi connectivity index (χ1) is 8.99. The summed E-state index contributed by atoms with van der Waals surface area (Å²) in [4.78, 5) is 0.622. The third-order valence-electron chi connectivity index (χ3n) is 2.83. The van der Waals surface area contributed by atoms with Gasteiger partial charge in [-0.25, -0.2) is 4.39 Å². The van der Waals surface area contributed by atoms with Gasteiger partial charge < -0.3 is 5.73 Å². The quantitative estimate of drug-likeness (QED) is 0.863. The molecule has 0 aliphatic carbocycles. The number of hydrogen-bond donors (Lipinski definition) is 1. The van der Waals surface area contributed by atoms with Gasteiger partial charge in [-0.15, -0.1) is 0 Å². The number of para-hydroxylation sites is 1. The Bertz CT molecular complexity index is 645. The summed E-state index contributed by atoms with van der Waals surface area (Å²) in [6.07, 6.45) is 0. The van der Waals surface area contributed by atoms with Crippen molar-refractivity contribution in [2.24, 2.45) is 0 Å². The van der Waals surface area contributed by atoms with Crippen LogP contribution in [0.1, 0.15) is 11.1 Å². The van der Waals surface area contributed by atoms with Crippen LogP contribution in [0, 0.1) is 12.7 Å². The van der Waals surface area contributed by atoms with Crippen LogP contribution in [0.15, 0.2) is 45.8 Å². The molecule has 0 heterocycles. The van der Waals surface area contributed by atoms with E-state index in [0.717, 1.165) is 11.1 Å². The fourth-order valence-corrected chi connectivity index (χ4v) is 3.71. The summed E-state index contributed by atoms with van der Waals surface area (Å²) in [7, 11) is -1.25. The molecule has 0 spiro atoms. The molecule has 0 amide bonds. The van der Waals surface area contributed by atoms with Crippen LogP contribution in [-0.2, 0) is 16.6 Å². The lowest BCUT2D eigenvalue weighted by molar-refractivity contribution is 0.626. The number of benzene rings is 2. The van der Waals surface area contributed by atoms with Crippen LogP contribution in [0.5, 0.6) is 0 Å². The molecule has 0 saturated heterocycles. The molecule has 2 nitrogen and oxygen atoms in total. The second-order valence-corrected chi connectivity index (χ2v) is 6.49. The van der Waals surface area contributed by atoms with E-state index in [0.29, 0.717) is 20.8 Å². The van der Waals surface area contributed by atoms with Gasteiger partial charge in [-0.2, -0.15) is 0 Å². The van der Waals surface area contributed by atoms with Gasteiger partial charge in [0.15, 0.2) is 0 Å². The molecule has 0 aliphatic rings. The normalized spacial score (nSPS) is 12.4. The zero-order chi connectivity index (χ0) is 14.0. The van der Waals surface area contributed by atoms with Gasteiger partial charge in [-0.3, -0.25) is 4.21 Å². The van der Waals surface area contributed by atoms with E-state index >= 15 is 0 Å². The molecule has 1 unspecified atom stereocenters. The lowest BCUT2D eigenvalue weighted by Crippen LogP contribution is -2.03. The summed E-state index contributed by atoms with van der Waals surface area (Å²) in [5, 5.41) is 0. The summed E-state index contributed by atoms with van der Waals surface area (Å²) in [5.41, 5.74) is 8.19. The maximum atomic E-state index is 13.0. The number of halogens is 2. The van der Waals surface area contributed by atoms with Crippen molar-refractivity contribution in [3.05, 3.63) is 57.8 Å². The Morgan fingerprint density at radius 3 is 2.74 bits per heavy atom. The molecule has 100 valence electrons. The lowest BCUT2D eigenvalue weighted by Gasteiger charge is -2.09. The molecule has 0 saturated carbocycles. The molecule has 0 fully saturated rings. The van der Waals surface area contributed by atoms with Crippen molar-refractivity contribution in [1.29, 1.82) is 0 Å². The fraction of sp³-hybridized carbons (Fsp3) is 0.143. The molecule has 2 aromatic rings.